The van der Waals surface area contributed by atoms with E-state index in [-0.39, 0.29) is 0 Å². The predicted molar refractivity (Wildman–Crippen MR) is 118 cm³/mol. The van der Waals surface area contributed by atoms with Crippen LogP contribution in [0.2, 0.25) is 0 Å². The van der Waals surface area contributed by atoms with Crippen LogP contribution < -0.4 is 5.73 Å². The maximum atomic E-state index is 5.94. The van der Waals surface area contributed by atoms with Gasteiger partial charge in [-0.25, -0.2) is 9.97 Å². The Bertz CT molecular complexity index is 1090. The highest BCUT2D eigenvalue weighted by Gasteiger charge is 2.20. The van der Waals surface area contributed by atoms with E-state index in [0.29, 0.717) is 5.95 Å². The van der Waals surface area contributed by atoms with Gasteiger partial charge in [-0.3, -0.25) is 9.67 Å². The molecule has 30 heavy (non-hydrogen) atoms. The van der Waals surface area contributed by atoms with Crippen LogP contribution in [-0.2, 0) is 19.4 Å². The molecule has 2 N–H and O–H groups in total. The zero-order valence-corrected chi connectivity index (χ0v) is 17.4. The molecule has 0 bridgehead atoms. The summed E-state index contributed by atoms with van der Waals surface area (Å²) >= 11 is 0. The van der Waals surface area contributed by atoms with Gasteiger partial charge >= 0.3 is 0 Å². The summed E-state index contributed by atoms with van der Waals surface area (Å²) < 4.78 is 2.04. The molecule has 3 aromatic rings. The zero-order valence-electron chi connectivity index (χ0n) is 17.4. The number of aromatic nitrogens is 5. The standard InChI is InChI=1S/C23H27N7/c1-2-18-12-22(28-23(24)27-18)19-5-6-21-20(19)11-16(13-25-21)17-14-26-30(15-17)10-9-29-7-3-4-8-29/h5,11-15H,2-4,6-10H2,1H3,(H2,24,27,28). The first kappa shape index (κ1) is 18.9. The molecule has 0 atom stereocenters. The molecular formula is C23H27N7. The molecule has 5 rings (SSSR count). The fraction of sp³-hybridized carbons (Fsp3) is 0.391. The molecule has 4 heterocycles. The van der Waals surface area contributed by atoms with E-state index in [1.165, 1.54) is 25.9 Å². The van der Waals surface area contributed by atoms with Gasteiger partial charge in [-0.15, -0.1) is 0 Å². The number of nitrogens with zero attached hydrogens (tertiary/aromatic N) is 6. The lowest BCUT2D eigenvalue weighted by molar-refractivity contribution is 0.316. The van der Waals surface area contributed by atoms with Crippen molar-refractivity contribution in [2.24, 2.45) is 0 Å². The number of allylic oxidation sites excluding steroid dienone is 1. The molecule has 0 aromatic carbocycles. The van der Waals surface area contributed by atoms with E-state index in [0.717, 1.165) is 65.3 Å². The maximum absolute atomic E-state index is 5.94. The zero-order chi connectivity index (χ0) is 20.5. The summed E-state index contributed by atoms with van der Waals surface area (Å²) in [5, 5.41) is 4.57. The molecule has 1 aliphatic carbocycles. The van der Waals surface area contributed by atoms with Gasteiger partial charge in [0.05, 0.1) is 24.1 Å². The largest absolute Gasteiger partial charge is 0.368 e. The third kappa shape index (κ3) is 3.73. The first-order valence-corrected chi connectivity index (χ1v) is 10.8. The summed E-state index contributed by atoms with van der Waals surface area (Å²) in [5.41, 5.74) is 13.2. The smallest absolute Gasteiger partial charge is 0.220 e. The third-order valence-electron chi connectivity index (χ3n) is 6.01. The lowest BCUT2D eigenvalue weighted by atomic mass is 10.0. The van der Waals surface area contributed by atoms with Crippen molar-refractivity contribution in [3.63, 3.8) is 0 Å². The summed E-state index contributed by atoms with van der Waals surface area (Å²) in [6.45, 7) is 6.48. The van der Waals surface area contributed by atoms with Gasteiger partial charge in [0, 0.05) is 53.3 Å². The van der Waals surface area contributed by atoms with E-state index < -0.39 is 0 Å². The van der Waals surface area contributed by atoms with Crippen LogP contribution in [0.25, 0.3) is 16.7 Å². The lowest BCUT2D eigenvalue weighted by Gasteiger charge is -2.13. The van der Waals surface area contributed by atoms with Crippen LogP contribution in [0.5, 0.6) is 0 Å². The van der Waals surface area contributed by atoms with E-state index in [9.17, 15) is 0 Å². The van der Waals surface area contributed by atoms with Gasteiger partial charge in [0.2, 0.25) is 5.95 Å². The fourth-order valence-electron chi connectivity index (χ4n) is 4.32. The average Bonchev–Trinajstić information content (AvgIpc) is 3.51. The second kappa shape index (κ2) is 7.99. The van der Waals surface area contributed by atoms with Gasteiger partial charge < -0.3 is 10.6 Å². The molecule has 1 aliphatic heterocycles. The molecule has 154 valence electrons. The average molecular weight is 402 g/mol. The number of fused-ring (bicyclic) bond motifs is 1. The van der Waals surface area contributed by atoms with Crippen LogP contribution in [0.3, 0.4) is 0 Å². The highest BCUT2D eigenvalue weighted by atomic mass is 15.3. The molecule has 7 nitrogen and oxygen atoms in total. The van der Waals surface area contributed by atoms with Crippen molar-refractivity contribution >= 4 is 11.5 Å². The number of nitrogen functional groups attached to an aromatic ring is 1. The van der Waals surface area contributed by atoms with Crippen molar-refractivity contribution in [2.45, 2.75) is 39.2 Å². The quantitative estimate of drug-likeness (QED) is 0.683. The number of nitrogens with two attached hydrogens (primary N) is 1. The second-order valence-electron chi connectivity index (χ2n) is 8.04. The summed E-state index contributed by atoms with van der Waals surface area (Å²) in [4.78, 5) is 16.0. The van der Waals surface area contributed by atoms with E-state index in [1.54, 1.807) is 0 Å². The van der Waals surface area contributed by atoms with Gasteiger partial charge in [-0.2, -0.15) is 5.10 Å². The van der Waals surface area contributed by atoms with Crippen LogP contribution >= 0.6 is 0 Å². The third-order valence-corrected chi connectivity index (χ3v) is 6.01. The number of anilines is 1. The lowest BCUT2D eigenvalue weighted by Crippen LogP contribution is -2.24. The molecule has 1 saturated heterocycles. The number of hydrogen-bond donors (Lipinski definition) is 1. The summed E-state index contributed by atoms with van der Waals surface area (Å²) in [6, 6.07) is 4.23. The molecule has 0 saturated carbocycles. The molecule has 3 aromatic heterocycles. The highest BCUT2D eigenvalue weighted by Crippen LogP contribution is 2.34. The first-order chi connectivity index (χ1) is 14.7. The van der Waals surface area contributed by atoms with Gasteiger partial charge in [0.1, 0.15) is 0 Å². The van der Waals surface area contributed by atoms with E-state index in [4.69, 9.17) is 10.7 Å². The SMILES string of the molecule is CCc1cc(C2=CCc3ncc(-c4cnn(CCN5CCCC5)c4)cc32)nc(N)n1. The molecule has 7 heteroatoms. The number of likely N-dealkylation sites (tertiary alicyclic amines) is 1. The van der Waals surface area contributed by atoms with E-state index in [1.807, 2.05) is 23.1 Å². The minimum atomic E-state index is 0.321. The highest BCUT2D eigenvalue weighted by molar-refractivity contribution is 5.84. The van der Waals surface area contributed by atoms with Crippen molar-refractivity contribution < 1.29 is 0 Å². The molecule has 0 spiro atoms. The minimum Gasteiger partial charge on any atom is -0.368 e. The Hall–Kier alpha value is -3.06. The van der Waals surface area contributed by atoms with Crippen LogP contribution in [0.1, 0.15) is 42.4 Å². The van der Waals surface area contributed by atoms with Crippen molar-refractivity contribution in [2.75, 3.05) is 25.4 Å². The Morgan fingerprint density at radius 2 is 1.90 bits per heavy atom. The van der Waals surface area contributed by atoms with E-state index in [2.05, 4.69) is 45.2 Å². The monoisotopic (exact) mass is 401 g/mol. The molecule has 0 unspecified atom stereocenters. The Morgan fingerprint density at radius 3 is 2.73 bits per heavy atom. The summed E-state index contributed by atoms with van der Waals surface area (Å²) in [7, 11) is 0. The normalized spacial score (nSPS) is 16.1. The Kier molecular flexibility index (Phi) is 5.04. The van der Waals surface area contributed by atoms with Gasteiger partial charge in [0.15, 0.2) is 0 Å². The fourth-order valence-corrected chi connectivity index (χ4v) is 4.32. The van der Waals surface area contributed by atoms with Crippen LogP contribution in [0, 0.1) is 0 Å². The number of rotatable bonds is 6. The number of aryl methyl sites for hydroxylation is 1. The number of pyridine rings is 1. The van der Waals surface area contributed by atoms with Gasteiger partial charge in [0.25, 0.3) is 0 Å². The minimum absolute atomic E-state index is 0.321. The van der Waals surface area contributed by atoms with Crippen LogP contribution in [0.15, 0.2) is 36.8 Å². The summed E-state index contributed by atoms with van der Waals surface area (Å²) in [5.74, 6) is 0.321. The Labute approximate surface area is 176 Å². The van der Waals surface area contributed by atoms with Crippen molar-refractivity contribution in [3.8, 4) is 11.1 Å². The van der Waals surface area contributed by atoms with Crippen molar-refractivity contribution in [1.82, 2.24) is 29.6 Å². The summed E-state index contributed by atoms with van der Waals surface area (Å²) in [6.07, 6.45) is 12.5. The van der Waals surface area contributed by atoms with Gasteiger partial charge in [-0.1, -0.05) is 13.0 Å². The topological polar surface area (TPSA) is 85.8 Å². The Morgan fingerprint density at radius 1 is 1.03 bits per heavy atom. The van der Waals surface area contributed by atoms with E-state index >= 15 is 0 Å². The first-order valence-electron chi connectivity index (χ1n) is 10.8. The molecular weight excluding hydrogens is 374 g/mol. The molecule has 2 aliphatic rings. The van der Waals surface area contributed by atoms with Crippen molar-refractivity contribution in [3.05, 3.63) is 59.4 Å². The maximum Gasteiger partial charge on any atom is 0.220 e. The van der Waals surface area contributed by atoms with Crippen molar-refractivity contribution in [1.29, 1.82) is 0 Å². The Balaban J connectivity index is 1.39. The number of hydrogen-bond acceptors (Lipinski definition) is 6. The van der Waals surface area contributed by atoms with Crippen LogP contribution in [0.4, 0.5) is 5.95 Å². The molecule has 1 fully saturated rings. The second-order valence-corrected chi connectivity index (χ2v) is 8.04. The predicted octanol–water partition coefficient (Wildman–Crippen LogP) is 2.96. The molecule has 0 amide bonds. The molecule has 0 radical (unpaired) electrons. The van der Waals surface area contributed by atoms with Crippen LogP contribution in [-0.4, -0.2) is 49.3 Å². The van der Waals surface area contributed by atoms with Gasteiger partial charge in [-0.05, 0) is 44.5 Å².